The molecule has 3 N–H and O–H groups in total. The molecule has 15 heavy (non-hydrogen) atoms. The standard InChI is InChI=1S/C10H13N3O.ClH/c14-7-3-6-11-10-12-8-4-1-2-5-9(8)13-10;/h1-2,4-5,14H,3,6-7H2,(H2,11,12,13);1H. The largest absolute Gasteiger partial charge is 0.396 e. The lowest BCUT2D eigenvalue weighted by molar-refractivity contribution is 0.292. The number of benzene rings is 1. The maximum absolute atomic E-state index is 8.61. The summed E-state index contributed by atoms with van der Waals surface area (Å²) in [6, 6.07) is 7.88. The van der Waals surface area contributed by atoms with Crippen molar-refractivity contribution in [2.75, 3.05) is 18.5 Å². The minimum Gasteiger partial charge on any atom is -0.396 e. The van der Waals surface area contributed by atoms with Gasteiger partial charge >= 0.3 is 0 Å². The molecular weight excluding hydrogens is 214 g/mol. The third kappa shape index (κ3) is 2.84. The van der Waals surface area contributed by atoms with Gasteiger partial charge in [0, 0.05) is 13.2 Å². The average Bonchev–Trinajstić information content (AvgIpc) is 2.60. The second-order valence-electron chi connectivity index (χ2n) is 3.11. The molecule has 2 rings (SSSR count). The molecule has 1 aromatic heterocycles. The molecule has 0 saturated heterocycles. The number of fused-ring (bicyclic) bond motifs is 1. The van der Waals surface area contributed by atoms with Gasteiger partial charge in [-0.15, -0.1) is 12.4 Å². The van der Waals surface area contributed by atoms with Gasteiger partial charge in [0.2, 0.25) is 5.95 Å². The first-order valence-electron chi connectivity index (χ1n) is 4.69. The van der Waals surface area contributed by atoms with Crippen LogP contribution in [0.1, 0.15) is 6.42 Å². The third-order valence-corrected chi connectivity index (χ3v) is 2.02. The summed E-state index contributed by atoms with van der Waals surface area (Å²) in [6.07, 6.45) is 0.733. The van der Waals surface area contributed by atoms with Gasteiger partial charge in [0.1, 0.15) is 0 Å². The Labute approximate surface area is 94.1 Å². The number of aliphatic hydroxyl groups is 1. The van der Waals surface area contributed by atoms with E-state index in [1.54, 1.807) is 0 Å². The van der Waals surface area contributed by atoms with Crippen LogP contribution < -0.4 is 5.32 Å². The topological polar surface area (TPSA) is 60.9 Å². The zero-order chi connectivity index (χ0) is 9.80. The van der Waals surface area contributed by atoms with Crippen LogP contribution >= 0.6 is 12.4 Å². The van der Waals surface area contributed by atoms with E-state index in [0.29, 0.717) is 0 Å². The fourth-order valence-corrected chi connectivity index (χ4v) is 1.32. The maximum Gasteiger partial charge on any atom is 0.201 e. The molecule has 0 radical (unpaired) electrons. The summed E-state index contributed by atoms with van der Waals surface area (Å²) in [5.74, 6) is 0.764. The molecule has 0 spiro atoms. The van der Waals surface area contributed by atoms with Crippen molar-refractivity contribution in [3.63, 3.8) is 0 Å². The zero-order valence-electron chi connectivity index (χ0n) is 8.23. The number of hydrogen-bond acceptors (Lipinski definition) is 3. The summed E-state index contributed by atoms with van der Waals surface area (Å²) >= 11 is 0. The van der Waals surface area contributed by atoms with E-state index in [1.165, 1.54) is 0 Å². The van der Waals surface area contributed by atoms with E-state index in [0.717, 1.165) is 29.9 Å². The molecule has 2 aromatic rings. The number of halogens is 1. The van der Waals surface area contributed by atoms with E-state index in [2.05, 4.69) is 15.3 Å². The van der Waals surface area contributed by atoms with Crippen LogP contribution in [0.15, 0.2) is 24.3 Å². The Balaban J connectivity index is 0.00000112. The van der Waals surface area contributed by atoms with Crippen molar-refractivity contribution in [2.45, 2.75) is 6.42 Å². The Morgan fingerprint density at radius 2 is 2.13 bits per heavy atom. The molecule has 5 heteroatoms. The summed E-state index contributed by atoms with van der Waals surface area (Å²) < 4.78 is 0. The van der Waals surface area contributed by atoms with Crippen LogP contribution in [0, 0.1) is 0 Å². The van der Waals surface area contributed by atoms with E-state index in [4.69, 9.17) is 5.11 Å². The first-order chi connectivity index (χ1) is 6.90. The number of H-pyrrole nitrogens is 1. The SMILES string of the molecule is Cl.OCCCNc1nc2ccccc2[nH]1. The zero-order valence-corrected chi connectivity index (χ0v) is 9.05. The summed E-state index contributed by atoms with van der Waals surface area (Å²) in [4.78, 5) is 7.49. The van der Waals surface area contributed by atoms with Crippen LogP contribution in [0.3, 0.4) is 0 Å². The molecule has 0 aliphatic heterocycles. The predicted molar refractivity (Wildman–Crippen MR) is 63.5 cm³/mol. The van der Waals surface area contributed by atoms with Crippen molar-refractivity contribution in [1.29, 1.82) is 0 Å². The van der Waals surface area contributed by atoms with Gasteiger partial charge in [-0.2, -0.15) is 0 Å². The van der Waals surface area contributed by atoms with Gasteiger partial charge < -0.3 is 15.4 Å². The predicted octanol–water partition coefficient (Wildman–Crippen LogP) is 1.78. The highest BCUT2D eigenvalue weighted by Gasteiger charge is 1.99. The maximum atomic E-state index is 8.61. The molecule has 0 saturated carbocycles. The van der Waals surface area contributed by atoms with Crippen LogP contribution in [-0.4, -0.2) is 28.2 Å². The number of imidazole rings is 1. The first kappa shape index (κ1) is 11.8. The Hall–Kier alpha value is -1.26. The quantitative estimate of drug-likeness (QED) is 0.698. The molecule has 1 aromatic carbocycles. The van der Waals surface area contributed by atoms with E-state index >= 15 is 0 Å². The van der Waals surface area contributed by atoms with Gasteiger partial charge in [0.15, 0.2) is 0 Å². The molecule has 0 aliphatic carbocycles. The molecule has 0 unspecified atom stereocenters. The number of hydrogen-bond donors (Lipinski definition) is 3. The molecule has 0 fully saturated rings. The number of anilines is 1. The van der Waals surface area contributed by atoms with Crippen molar-refractivity contribution >= 4 is 29.4 Å². The number of aliphatic hydroxyl groups excluding tert-OH is 1. The lowest BCUT2D eigenvalue weighted by Gasteiger charge is -1.98. The lowest BCUT2D eigenvalue weighted by atomic mass is 10.3. The Bertz CT molecular complexity index is 383. The molecule has 82 valence electrons. The van der Waals surface area contributed by atoms with Gasteiger partial charge in [-0.1, -0.05) is 12.1 Å². The Kier molecular flexibility index (Phi) is 4.39. The van der Waals surface area contributed by atoms with Crippen molar-refractivity contribution in [3.8, 4) is 0 Å². The van der Waals surface area contributed by atoms with Crippen LogP contribution in [0.5, 0.6) is 0 Å². The van der Waals surface area contributed by atoms with Crippen molar-refractivity contribution in [2.24, 2.45) is 0 Å². The second-order valence-corrected chi connectivity index (χ2v) is 3.11. The summed E-state index contributed by atoms with van der Waals surface area (Å²) in [5, 5.41) is 11.7. The number of rotatable bonds is 4. The van der Waals surface area contributed by atoms with Gasteiger partial charge in [0.25, 0.3) is 0 Å². The smallest absolute Gasteiger partial charge is 0.201 e. The Morgan fingerprint density at radius 3 is 2.87 bits per heavy atom. The average molecular weight is 228 g/mol. The van der Waals surface area contributed by atoms with Crippen LogP contribution in [0.2, 0.25) is 0 Å². The molecular formula is C10H14ClN3O. The number of nitrogens with one attached hydrogen (secondary N) is 2. The summed E-state index contributed by atoms with van der Waals surface area (Å²) in [6.45, 7) is 0.934. The van der Waals surface area contributed by atoms with E-state index in [-0.39, 0.29) is 19.0 Å². The van der Waals surface area contributed by atoms with Gasteiger partial charge in [-0.3, -0.25) is 0 Å². The highest BCUT2D eigenvalue weighted by Crippen LogP contribution is 2.12. The van der Waals surface area contributed by atoms with Crippen LogP contribution in [0.25, 0.3) is 11.0 Å². The normalized spacial score (nSPS) is 9.93. The first-order valence-corrected chi connectivity index (χ1v) is 4.69. The summed E-state index contributed by atoms with van der Waals surface area (Å²) in [5.41, 5.74) is 1.98. The van der Waals surface area contributed by atoms with E-state index in [9.17, 15) is 0 Å². The fraction of sp³-hybridized carbons (Fsp3) is 0.300. The fourth-order valence-electron chi connectivity index (χ4n) is 1.32. The van der Waals surface area contributed by atoms with Crippen LogP contribution in [0.4, 0.5) is 5.95 Å². The van der Waals surface area contributed by atoms with Gasteiger partial charge in [-0.25, -0.2) is 4.98 Å². The highest BCUT2D eigenvalue weighted by molar-refractivity contribution is 5.85. The summed E-state index contributed by atoms with van der Waals surface area (Å²) in [7, 11) is 0. The minimum absolute atomic E-state index is 0. The van der Waals surface area contributed by atoms with Crippen molar-refractivity contribution in [1.82, 2.24) is 9.97 Å². The number of aromatic nitrogens is 2. The highest BCUT2D eigenvalue weighted by atomic mass is 35.5. The van der Waals surface area contributed by atoms with E-state index < -0.39 is 0 Å². The number of nitrogens with zero attached hydrogens (tertiary/aromatic N) is 1. The monoisotopic (exact) mass is 227 g/mol. The Morgan fingerprint density at radius 1 is 1.33 bits per heavy atom. The number of aromatic amines is 1. The minimum atomic E-state index is 0. The number of para-hydroxylation sites is 2. The van der Waals surface area contributed by atoms with Gasteiger partial charge in [0.05, 0.1) is 11.0 Å². The van der Waals surface area contributed by atoms with Crippen molar-refractivity contribution in [3.05, 3.63) is 24.3 Å². The van der Waals surface area contributed by atoms with Crippen molar-refractivity contribution < 1.29 is 5.11 Å². The second kappa shape index (κ2) is 5.58. The molecule has 4 nitrogen and oxygen atoms in total. The lowest BCUT2D eigenvalue weighted by Crippen LogP contribution is -2.04. The van der Waals surface area contributed by atoms with E-state index in [1.807, 2.05) is 24.3 Å². The van der Waals surface area contributed by atoms with Crippen LogP contribution in [-0.2, 0) is 0 Å². The van der Waals surface area contributed by atoms with Gasteiger partial charge in [-0.05, 0) is 18.6 Å². The molecule has 0 bridgehead atoms. The third-order valence-electron chi connectivity index (χ3n) is 2.02. The molecule has 1 heterocycles. The molecule has 0 atom stereocenters. The molecule has 0 aliphatic rings. The molecule has 0 amide bonds.